The average molecular weight is 461 g/mol. The number of fused-ring (bicyclic) bond motifs is 1. The third-order valence-electron chi connectivity index (χ3n) is 6.40. The molecule has 8 nitrogen and oxygen atoms in total. The zero-order valence-electron chi connectivity index (χ0n) is 19.0. The lowest BCUT2D eigenvalue weighted by molar-refractivity contribution is -0.136. The van der Waals surface area contributed by atoms with Crippen LogP contribution in [0.3, 0.4) is 0 Å². The van der Waals surface area contributed by atoms with Gasteiger partial charge in [-0.05, 0) is 49.1 Å². The van der Waals surface area contributed by atoms with Crippen LogP contribution in [-0.2, 0) is 9.59 Å². The van der Waals surface area contributed by atoms with Gasteiger partial charge in [-0.1, -0.05) is 30.9 Å². The third-order valence-corrected chi connectivity index (χ3v) is 6.40. The maximum atomic E-state index is 12.8. The molecule has 1 aromatic carbocycles. The molecule has 1 aromatic heterocycles. The van der Waals surface area contributed by atoms with Crippen LogP contribution in [0.5, 0.6) is 0 Å². The molecular weight excluding hydrogens is 432 g/mol. The number of carbonyl (C=O) groups is 4. The predicted octanol–water partition coefficient (Wildman–Crippen LogP) is 2.32. The molecule has 2 fully saturated rings. The second-order valence-electron chi connectivity index (χ2n) is 8.54. The number of nitrogens with zero attached hydrogens (tertiary/aromatic N) is 3. The largest absolute Gasteiger partial charge is 0.352 e. The molecule has 8 heteroatoms. The Morgan fingerprint density at radius 2 is 1.88 bits per heavy atom. The van der Waals surface area contributed by atoms with Gasteiger partial charge in [0.25, 0.3) is 11.8 Å². The molecule has 2 aromatic rings. The summed E-state index contributed by atoms with van der Waals surface area (Å²) in [7, 11) is 0. The van der Waals surface area contributed by atoms with Gasteiger partial charge < -0.3 is 15.1 Å². The number of rotatable bonds is 8. The van der Waals surface area contributed by atoms with Gasteiger partial charge in [-0.15, -0.1) is 0 Å². The molecule has 4 rings (SSSR count). The molecular formula is C26H28N4O4. The van der Waals surface area contributed by atoms with Crippen LogP contribution in [0.2, 0.25) is 0 Å². The van der Waals surface area contributed by atoms with Crippen LogP contribution in [0.4, 0.5) is 0 Å². The summed E-state index contributed by atoms with van der Waals surface area (Å²) in [5, 5.41) is 2.86. The van der Waals surface area contributed by atoms with Gasteiger partial charge in [-0.3, -0.25) is 24.2 Å². The molecule has 3 amide bonds. The van der Waals surface area contributed by atoms with Gasteiger partial charge >= 0.3 is 0 Å². The number of aromatic nitrogens is 1. The standard InChI is InChI=1S/C26H28N4O4/c1-2-18-9-11-19(12-10-18)25(33)28-15-6-4-8-23(32)29-16-13-21-24(29)22(31)17-30(21)26(34)20-7-3-5-14-27-20/h2-3,5,7,9-12,14,21,24H,1,4,6,8,13,15-17H2,(H,28,33). The van der Waals surface area contributed by atoms with Crippen LogP contribution in [0, 0.1) is 0 Å². The minimum absolute atomic E-state index is 0.00827. The average Bonchev–Trinajstić information content (AvgIpc) is 3.45. The van der Waals surface area contributed by atoms with E-state index in [2.05, 4.69) is 16.9 Å². The minimum Gasteiger partial charge on any atom is -0.352 e. The molecule has 0 spiro atoms. The second kappa shape index (κ2) is 10.4. The Morgan fingerprint density at radius 1 is 1.09 bits per heavy atom. The number of ketones is 1. The lowest BCUT2D eigenvalue weighted by atomic mass is 10.1. The van der Waals surface area contributed by atoms with Crippen LogP contribution >= 0.6 is 0 Å². The molecule has 2 atom stereocenters. The van der Waals surface area contributed by atoms with E-state index in [4.69, 9.17) is 0 Å². The Labute approximate surface area is 198 Å². The summed E-state index contributed by atoms with van der Waals surface area (Å²) in [6.07, 6.45) is 5.41. The highest BCUT2D eigenvalue weighted by Gasteiger charge is 2.51. The van der Waals surface area contributed by atoms with Crippen LogP contribution in [0.15, 0.2) is 55.2 Å². The Hall–Kier alpha value is -3.81. The number of amides is 3. The summed E-state index contributed by atoms with van der Waals surface area (Å²) in [6, 6.07) is 11.4. The molecule has 0 saturated carbocycles. The van der Waals surface area contributed by atoms with Gasteiger partial charge in [0.1, 0.15) is 11.7 Å². The first-order valence-electron chi connectivity index (χ1n) is 11.5. The van der Waals surface area contributed by atoms with Crippen LogP contribution in [0.25, 0.3) is 6.08 Å². The van der Waals surface area contributed by atoms with Gasteiger partial charge in [0.2, 0.25) is 5.91 Å². The Bertz CT molecular complexity index is 1080. The van der Waals surface area contributed by atoms with E-state index in [1.54, 1.807) is 52.4 Å². The first kappa shape index (κ1) is 23.4. The maximum absolute atomic E-state index is 12.8. The number of unbranched alkanes of at least 4 members (excludes halogenated alkanes) is 1. The number of likely N-dealkylation sites (tertiary alicyclic amines) is 2. The Kier molecular flexibility index (Phi) is 7.15. The van der Waals surface area contributed by atoms with E-state index in [9.17, 15) is 19.2 Å². The molecule has 34 heavy (non-hydrogen) atoms. The zero-order valence-corrected chi connectivity index (χ0v) is 19.0. The Morgan fingerprint density at radius 3 is 2.59 bits per heavy atom. The fourth-order valence-electron chi connectivity index (χ4n) is 4.63. The molecule has 0 bridgehead atoms. The van der Waals surface area contributed by atoms with Crippen molar-refractivity contribution in [3.8, 4) is 0 Å². The zero-order chi connectivity index (χ0) is 24.1. The van der Waals surface area contributed by atoms with Crippen molar-refractivity contribution >= 4 is 29.6 Å². The van der Waals surface area contributed by atoms with Crippen molar-refractivity contribution in [1.29, 1.82) is 0 Å². The summed E-state index contributed by atoms with van der Waals surface area (Å²) in [6.45, 7) is 4.63. The number of carbonyl (C=O) groups excluding carboxylic acids is 4. The van der Waals surface area contributed by atoms with Gasteiger partial charge in [0.15, 0.2) is 5.78 Å². The van der Waals surface area contributed by atoms with E-state index in [0.717, 1.165) is 5.56 Å². The van der Waals surface area contributed by atoms with E-state index in [1.807, 2.05) is 12.1 Å². The van der Waals surface area contributed by atoms with E-state index >= 15 is 0 Å². The normalized spacial score (nSPS) is 19.1. The first-order chi connectivity index (χ1) is 16.5. The lowest BCUT2D eigenvalue weighted by Crippen LogP contribution is -2.43. The van der Waals surface area contributed by atoms with E-state index < -0.39 is 6.04 Å². The van der Waals surface area contributed by atoms with E-state index in [-0.39, 0.29) is 36.1 Å². The highest BCUT2D eigenvalue weighted by Crippen LogP contribution is 2.31. The van der Waals surface area contributed by atoms with E-state index in [0.29, 0.717) is 50.0 Å². The molecule has 0 radical (unpaired) electrons. The highest BCUT2D eigenvalue weighted by atomic mass is 16.2. The fourth-order valence-corrected chi connectivity index (χ4v) is 4.63. The minimum atomic E-state index is -0.571. The van der Waals surface area contributed by atoms with Crippen molar-refractivity contribution in [2.45, 2.75) is 37.8 Å². The number of pyridine rings is 1. The van der Waals surface area contributed by atoms with Gasteiger partial charge in [-0.25, -0.2) is 0 Å². The summed E-state index contributed by atoms with van der Waals surface area (Å²) in [5.74, 6) is -0.613. The van der Waals surface area contributed by atoms with Gasteiger partial charge in [0.05, 0.1) is 12.6 Å². The molecule has 2 aliphatic heterocycles. The molecule has 2 saturated heterocycles. The number of hydrogen-bond acceptors (Lipinski definition) is 5. The maximum Gasteiger partial charge on any atom is 0.273 e. The number of benzene rings is 1. The lowest BCUT2D eigenvalue weighted by Gasteiger charge is -2.24. The van der Waals surface area contributed by atoms with Crippen molar-refractivity contribution in [3.63, 3.8) is 0 Å². The monoisotopic (exact) mass is 460 g/mol. The fraction of sp³-hybridized carbons (Fsp3) is 0.346. The van der Waals surface area contributed by atoms with Crippen LogP contribution in [-0.4, -0.2) is 70.0 Å². The van der Waals surface area contributed by atoms with Gasteiger partial charge in [0, 0.05) is 31.3 Å². The molecule has 2 aliphatic rings. The van der Waals surface area contributed by atoms with Crippen molar-refractivity contribution in [2.75, 3.05) is 19.6 Å². The van der Waals surface area contributed by atoms with Crippen molar-refractivity contribution in [2.24, 2.45) is 0 Å². The summed E-state index contributed by atoms with van der Waals surface area (Å²) < 4.78 is 0. The summed E-state index contributed by atoms with van der Waals surface area (Å²) in [4.78, 5) is 57.8. The molecule has 3 heterocycles. The number of nitrogens with one attached hydrogen (secondary N) is 1. The summed E-state index contributed by atoms with van der Waals surface area (Å²) in [5.41, 5.74) is 1.83. The topological polar surface area (TPSA) is 99.7 Å². The van der Waals surface area contributed by atoms with Crippen LogP contribution < -0.4 is 5.32 Å². The second-order valence-corrected chi connectivity index (χ2v) is 8.54. The predicted molar refractivity (Wildman–Crippen MR) is 127 cm³/mol. The van der Waals surface area contributed by atoms with Crippen molar-refractivity contribution in [1.82, 2.24) is 20.1 Å². The van der Waals surface area contributed by atoms with Crippen molar-refractivity contribution < 1.29 is 19.2 Å². The molecule has 2 unspecified atom stereocenters. The van der Waals surface area contributed by atoms with Crippen molar-refractivity contribution in [3.05, 3.63) is 72.1 Å². The molecule has 1 N–H and O–H groups in total. The Balaban J connectivity index is 1.23. The smallest absolute Gasteiger partial charge is 0.273 e. The SMILES string of the molecule is C=Cc1ccc(C(=O)NCCCCC(=O)N2CCC3C2C(=O)CN3C(=O)c2ccccn2)cc1. The summed E-state index contributed by atoms with van der Waals surface area (Å²) >= 11 is 0. The van der Waals surface area contributed by atoms with E-state index in [1.165, 1.54) is 0 Å². The third kappa shape index (κ3) is 4.90. The highest BCUT2D eigenvalue weighted by molar-refractivity contribution is 6.01. The van der Waals surface area contributed by atoms with Crippen LogP contribution in [0.1, 0.15) is 52.1 Å². The molecule has 176 valence electrons. The molecule has 0 aliphatic carbocycles. The van der Waals surface area contributed by atoms with Gasteiger partial charge in [-0.2, -0.15) is 0 Å². The number of Topliss-reactive ketones (excluding diaryl/α,β-unsaturated/α-hetero) is 1. The number of hydrogen-bond donors (Lipinski definition) is 1. The quantitative estimate of drug-likeness (QED) is 0.610. The first-order valence-corrected chi connectivity index (χ1v) is 11.5.